The summed E-state index contributed by atoms with van der Waals surface area (Å²) in [5, 5.41) is 3.77. The number of likely N-dealkylation sites (tertiary alicyclic amines) is 1. The summed E-state index contributed by atoms with van der Waals surface area (Å²) < 4.78 is 5.68. The van der Waals surface area contributed by atoms with Crippen LogP contribution in [0.3, 0.4) is 0 Å². The fraction of sp³-hybridized carbons (Fsp3) is 0.360. The van der Waals surface area contributed by atoms with E-state index in [4.69, 9.17) is 4.74 Å². The molecule has 1 aromatic heterocycles. The van der Waals surface area contributed by atoms with Gasteiger partial charge in [0.2, 0.25) is 0 Å². The van der Waals surface area contributed by atoms with Crippen molar-refractivity contribution in [2.24, 2.45) is 0 Å². The molecule has 0 radical (unpaired) electrons. The molecule has 0 bridgehead atoms. The number of fused-ring (bicyclic) bond motifs is 1. The average Bonchev–Trinajstić information content (AvgIpc) is 3.24. The molecule has 3 aromatic rings. The number of nitrogens with one attached hydrogen (secondary N) is 1. The number of rotatable bonds is 6. The average molecular weight is 401 g/mol. The van der Waals surface area contributed by atoms with Gasteiger partial charge in [0.15, 0.2) is 0 Å². The van der Waals surface area contributed by atoms with Gasteiger partial charge in [0.05, 0.1) is 0 Å². The molecule has 1 aliphatic heterocycles. The maximum Gasteiger partial charge on any atom is 0.321 e. The van der Waals surface area contributed by atoms with Gasteiger partial charge in [-0.3, -0.25) is 4.90 Å². The van der Waals surface area contributed by atoms with Gasteiger partial charge >= 0.3 is 6.01 Å². The van der Waals surface area contributed by atoms with Crippen LogP contribution in [0.15, 0.2) is 67.0 Å². The molecule has 5 nitrogen and oxygen atoms in total. The molecule has 5 heteroatoms. The molecule has 2 aromatic carbocycles. The van der Waals surface area contributed by atoms with Crippen molar-refractivity contribution >= 4 is 0 Å². The Balaban J connectivity index is 1.12. The van der Waals surface area contributed by atoms with Crippen molar-refractivity contribution in [3.05, 3.63) is 83.7 Å². The van der Waals surface area contributed by atoms with Gasteiger partial charge in [-0.2, -0.15) is 0 Å². The molecule has 2 aliphatic rings. The lowest BCUT2D eigenvalue weighted by molar-refractivity contribution is 0.140. The summed E-state index contributed by atoms with van der Waals surface area (Å²) in [5.41, 5.74) is 4.35. The Morgan fingerprint density at radius 2 is 1.67 bits per heavy atom. The molecule has 1 aliphatic carbocycles. The maximum atomic E-state index is 5.68. The summed E-state index contributed by atoms with van der Waals surface area (Å²) in [4.78, 5) is 10.9. The fourth-order valence-corrected chi connectivity index (χ4v) is 4.68. The first-order valence-electron chi connectivity index (χ1n) is 10.9. The van der Waals surface area contributed by atoms with E-state index < -0.39 is 0 Å². The van der Waals surface area contributed by atoms with Crippen LogP contribution >= 0.6 is 0 Å². The molecule has 0 amide bonds. The molecule has 1 saturated heterocycles. The molecule has 0 unspecified atom stereocenters. The van der Waals surface area contributed by atoms with Gasteiger partial charge in [-0.25, -0.2) is 9.97 Å². The predicted octanol–water partition coefficient (Wildman–Crippen LogP) is 3.99. The summed E-state index contributed by atoms with van der Waals surface area (Å²) in [6.45, 7) is 3.25. The Hall–Kier alpha value is -2.76. The Kier molecular flexibility index (Phi) is 5.73. The predicted molar refractivity (Wildman–Crippen MR) is 118 cm³/mol. The van der Waals surface area contributed by atoms with Crippen LogP contribution in [-0.4, -0.2) is 40.0 Å². The van der Waals surface area contributed by atoms with Gasteiger partial charge in [-0.15, -0.1) is 0 Å². The lowest BCUT2D eigenvalue weighted by Crippen LogP contribution is -2.49. The summed E-state index contributed by atoms with van der Waals surface area (Å²) in [7, 11) is 0. The number of nitrogens with zero attached hydrogens (tertiary/aromatic N) is 3. The van der Waals surface area contributed by atoms with Crippen LogP contribution in [0.25, 0.3) is 0 Å². The highest BCUT2D eigenvalue weighted by Gasteiger charge is 2.30. The first-order valence-corrected chi connectivity index (χ1v) is 10.9. The summed E-state index contributed by atoms with van der Waals surface area (Å²) >= 11 is 0. The highest BCUT2D eigenvalue weighted by Crippen LogP contribution is 2.27. The fourth-order valence-electron chi connectivity index (χ4n) is 4.68. The zero-order chi connectivity index (χ0) is 20.2. The van der Waals surface area contributed by atoms with Crippen LogP contribution in [-0.2, 0) is 19.4 Å². The number of piperidine rings is 1. The third kappa shape index (κ3) is 4.53. The molecule has 0 spiro atoms. The molecule has 154 valence electrons. The number of ether oxygens (including phenoxy) is 1. The monoisotopic (exact) mass is 400 g/mol. The zero-order valence-electron chi connectivity index (χ0n) is 17.2. The molecule has 1 atom stereocenters. The lowest BCUT2D eigenvalue weighted by Gasteiger charge is -2.37. The minimum atomic E-state index is 0.375. The van der Waals surface area contributed by atoms with Crippen molar-refractivity contribution in [3.63, 3.8) is 0 Å². The smallest absolute Gasteiger partial charge is 0.321 e. The maximum absolute atomic E-state index is 5.68. The van der Waals surface area contributed by atoms with Crippen LogP contribution in [0.5, 0.6) is 11.8 Å². The number of aromatic nitrogens is 2. The SMILES string of the molecule is c1cnc(Oc2ccc(CN[C@H]3CCCN(C4Cc5ccccc5C4)C3)cc2)nc1. The van der Waals surface area contributed by atoms with Gasteiger partial charge in [0.25, 0.3) is 0 Å². The van der Waals surface area contributed by atoms with Crippen LogP contribution in [0.1, 0.15) is 29.5 Å². The molecular formula is C25H28N4O. The first kappa shape index (κ1) is 19.2. The van der Waals surface area contributed by atoms with Crippen LogP contribution in [0.2, 0.25) is 0 Å². The highest BCUT2D eigenvalue weighted by atomic mass is 16.5. The number of hydrogen-bond acceptors (Lipinski definition) is 5. The van der Waals surface area contributed by atoms with Crippen LogP contribution in [0.4, 0.5) is 0 Å². The Bertz CT molecular complexity index is 935. The largest absolute Gasteiger partial charge is 0.424 e. The molecule has 1 fully saturated rings. The molecule has 1 N–H and O–H groups in total. The summed E-state index contributed by atoms with van der Waals surface area (Å²) in [5.74, 6) is 0.759. The third-order valence-electron chi connectivity index (χ3n) is 6.27. The normalized spacial score (nSPS) is 19.5. The molecule has 0 saturated carbocycles. The van der Waals surface area contributed by atoms with Crippen LogP contribution < -0.4 is 10.1 Å². The first-order chi connectivity index (χ1) is 14.8. The topological polar surface area (TPSA) is 50.3 Å². The van der Waals surface area contributed by atoms with E-state index >= 15 is 0 Å². The second-order valence-corrected chi connectivity index (χ2v) is 8.32. The Morgan fingerprint density at radius 3 is 2.40 bits per heavy atom. The summed E-state index contributed by atoms with van der Waals surface area (Å²) in [6, 6.07) is 20.5. The molecule has 5 rings (SSSR count). The highest BCUT2D eigenvalue weighted by molar-refractivity contribution is 5.33. The zero-order valence-corrected chi connectivity index (χ0v) is 17.2. The van der Waals surface area contributed by atoms with Crippen molar-refractivity contribution in [2.75, 3.05) is 13.1 Å². The van der Waals surface area contributed by atoms with Crippen molar-refractivity contribution in [2.45, 2.75) is 44.3 Å². The minimum Gasteiger partial charge on any atom is -0.424 e. The Labute approximate surface area is 178 Å². The van der Waals surface area contributed by atoms with Crippen molar-refractivity contribution in [3.8, 4) is 11.8 Å². The van der Waals surface area contributed by atoms with Crippen molar-refractivity contribution < 1.29 is 4.74 Å². The van der Waals surface area contributed by atoms with Gasteiger partial charge < -0.3 is 10.1 Å². The number of benzene rings is 2. The van der Waals surface area contributed by atoms with E-state index in [0.29, 0.717) is 18.1 Å². The number of hydrogen-bond donors (Lipinski definition) is 1. The minimum absolute atomic E-state index is 0.375. The molecule has 2 heterocycles. The van der Waals surface area contributed by atoms with E-state index in [9.17, 15) is 0 Å². The standard InChI is InChI=1S/C25H28N4O/c1-2-6-21-16-23(15-20(21)5-1)29-14-3-7-22(18-29)28-17-19-8-10-24(11-9-19)30-25-26-12-4-13-27-25/h1-2,4-6,8-13,22-23,28H,3,7,14-18H2/t22-/m0/s1. The van der Waals surface area contributed by atoms with E-state index in [1.165, 1.54) is 37.8 Å². The van der Waals surface area contributed by atoms with Crippen LogP contribution in [0, 0.1) is 0 Å². The third-order valence-corrected chi connectivity index (χ3v) is 6.27. The van der Waals surface area contributed by atoms with Gasteiger partial charge in [0, 0.05) is 37.6 Å². The Morgan fingerprint density at radius 1 is 0.933 bits per heavy atom. The van der Waals surface area contributed by atoms with Crippen molar-refractivity contribution in [1.82, 2.24) is 20.2 Å². The van der Waals surface area contributed by atoms with Crippen molar-refractivity contribution in [1.29, 1.82) is 0 Å². The lowest BCUT2D eigenvalue weighted by atomic mass is 10.0. The van der Waals surface area contributed by atoms with Gasteiger partial charge in [0.1, 0.15) is 5.75 Å². The second kappa shape index (κ2) is 8.94. The molecular weight excluding hydrogens is 372 g/mol. The van der Waals surface area contributed by atoms with E-state index in [-0.39, 0.29) is 0 Å². The van der Waals surface area contributed by atoms with E-state index in [1.807, 2.05) is 12.1 Å². The summed E-state index contributed by atoms with van der Waals surface area (Å²) in [6.07, 6.45) is 8.29. The second-order valence-electron chi connectivity index (χ2n) is 8.32. The van der Waals surface area contributed by atoms with E-state index in [2.05, 4.69) is 56.6 Å². The van der Waals surface area contributed by atoms with E-state index in [0.717, 1.165) is 18.8 Å². The van der Waals surface area contributed by atoms with Gasteiger partial charge in [-0.1, -0.05) is 36.4 Å². The quantitative estimate of drug-likeness (QED) is 0.678. The van der Waals surface area contributed by atoms with E-state index in [1.54, 1.807) is 29.6 Å². The van der Waals surface area contributed by atoms with Gasteiger partial charge in [-0.05, 0) is 67.1 Å². The molecule has 30 heavy (non-hydrogen) atoms.